The van der Waals surface area contributed by atoms with Crippen LogP contribution in [0.25, 0.3) is 11.3 Å². The molecule has 7 nitrogen and oxygen atoms in total. The number of pyridine rings is 2. The summed E-state index contributed by atoms with van der Waals surface area (Å²) in [5, 5.41) is 5.74. The summed E-state index contributed by atoms with van der Waals surface area (Å²) in [6, 6.07) is 4.38. The number of carbonyl (C=O) groups excluding carboxylic acids is 1. The third kappa shape index (κ3) is 4.91. The third-order valence-electron chi connectivity index (χ3n) is 4.01. The van der Waals surface area contributed by atoms with Crippen molar-refractivity contribution in [1.29, 1.82) is 0 Å². The second-order valence-electron chi connectivity index (χ2n) is 6.72. The van der Waals surface area contributed by atoms with E-state index in [0.29, 0.717) is 48.3 Å². The number of hydrogen-bond acceptors (Lipinski definition) is 6. The lowest BCUT2D eigenvalue weighted by atomic mass is 10.1. The van der Waals surface area contributed by atoms with E-state index in [9.17, 15) is 9.18 Å². The van der Waals surface area contributed by atoms with Crippen LogP contribution in [-0.2, 0) is 14.3 Å². The molecule has 2 aromatic heterocycles. The first-order valence-electron chi connectivity index (χ1n) is 8.40. The molecule has 0 spiro atoms. The van der Waals surface area contributed by atoms with E-state index < -0.39 is 5.82 Å². The number of halogens is 2. The van der Waals surface area contributed by atoms with Crippen molar-refractivity contribution in [3.8, 4) is 11.3 Å². The number of anilines is 2. The van der Waals surface area contributed by atoms with Crippen LogP contribution < -0.4 is 10.6 Å². The van der Waals surface area contributed by atoms with E-state index in [-0.39, 0.29) is 17.5 Å². The highest BCUT2D eigenvalue weighted by molar-refractivity contribution is 6.33. The Bertz CT molecular complexity index is 824. The van der Waals surface area contributed by atoms with E-state index in [1.54, 1.807) is 6.07 Å². The van der Waals surface area contributed by atoms with Crippen molar-refractivity contribution in [2.75, 3.05) is 30.4 Å². The standard InChI is InChI=1S/C18H20ClFN4O3/c1-18(2)9-26-11(8-27-18)6-22-17-14(20)3-4-15(24-17)12-5-16(23-10-25)21-7-13(12)19/h3-5,7,10-11H,6,8-9H2,1-2H3,(H,22,24)(H,21,23,25)/t11-/m1/s1. The summed E-state index contributed by atoms with van der Waals surface area (Å²) >= 11 is 6.18. The summed E-state index contributed by atoms with van der Waals surface area (Å²) in [5.74, 6) is -0.0914. The van der Waals surface area contributed by atoms with E-state index in [4.69, 9.17) is 21.1 Å². The van der Waals surface area contributed by atoms with Crippen molar-refractivity contribution in [2.45, 2.75) is 25.6 Å². The molecule has 0 unspecified atom stereocenters. The van der Waals surface area contributed by atoms with Crippen LogP contribution in [0, 0.1) is 5.82 Å². The number of hydrogen-bond donors (Lipinski definition) is 2. The average molecular weight is 395 g/mol. The molecule has 1 aliphatic heterocycles. The number of nitrogens with zero attached hydrogens (tertiary/aromatic N) is 2. The molecule has 3 heterocycles. The Kier molecular flexibility index (Phi) is 5.88. The second-order valence-corrected chi connectivity index (χ2v) is 7.13. The van der Waals surface area contributed by atoms with Crippen LogP contribution in [0.2, 0.25) is 5.02 Å². The lowest BCUT2D eigenvalue weighted by Gasteiger charge is -2.35. The fourth-order valence-electron chi connectivity index (χ4n) is 2.55. The molecule has 0 saturated carbocycles. The van der Waals surface area contributed by atoms with Gasteiger partial charge < -0.3 is 20.1 Å². The Morgan fingerprint density at radius 1 is 1.44 bits per heavy atom. The van der Waals surface area contributed by atoms with E-state index in [1.807, 2.05) is 13.8 Å². The molecule has 1 fully saturated rings. The normalized spacial score (nSPS) is 18.7. The number of nitrogens with one attached hydrogen (secondary N) is 2. The van der Waals surface area contributed by atoms with E-state index in [0.717, 1.165) is 0 Å². The van der Waals surface area contributed by atoms with Gasteiger partial charge in [0.1, 0.15) is 5.82 Å². The maximum Gasteiger partial charge on any atom is 0.212 e. The van der Waals surface area contributed by atoms with E-state index >= 15 is 0 Å². The molecule has 3 rings (SSSR count). The summed E-state index contributed by atoms with van der Waals surface area (Å²) < 4.78 is 25.6. The van der Waals surface area contributed by atoms with Gasteiger partial charge in [-0.3, -0.25) is 4.79 Å². The average Bonchev–Trinajstić information content (AvgIpc) is 2.64. The van der Waals surface area contributed by atoms with Crippen LogP contribution in [-0.4, -0.2) is 47.8 Å². The molecular formula is C18H20ClFN4O3. The molecule has 27 heavy (non-hydrogen) atoms. The van der Waals surface area contributed by atoms with Crippen LogP contribution >= 0.6 is 11.6 Å². The lowest BCUT2D eigenvalue weighted by Crippen LogP contribution is -2.44. The monoisotopic (exact) mass is 394 g/mol. The largest absolute Gasteiger partial charge is 0.371 e. The lowest BCUT2D eigenvalue weighted by molar-refractivity contribution is -0.170. The number of aromatic nitrogens is 2. The van der Waals surface area contributed by atoms with Crippen molar-refractivity contribution in [3.05, 3.63) is 35.2 Å². The molecule has 0 radical (unpaired) electrons. The number of amides is 1. The van der Waals surface area contributed by atoms with Gasteiger partial charge in [0.15, 0.2) is 11.6 Å². The molecule has 144 valence electrons. The van der Waals surface area contributed by atoms with E-state index in [1.165, 1.54) is 18.3 Å². The van der Waals surface area contributed by atoms with Crippen molar-refractivity contribution < 1.29 is 18.7 Å². The number of rotatable bonds is 6. The highest BCUT2D eigenvalue weighted by atomic mass is 35.5. The zero-order valence-electron chi connectivity index (χ0n) is 15.0. The Morgan fingerprint density at radius 3 is 2.96 bits per heavy atom. The van der Waals surface area contributed by atoms with Crippen molar-refractivity contribution >= 4 is 29.6 Å². The quantitative estimate of drug-likeness (QED) is 0.732. The van der Waals surface area contributed by atoms with E-state index in [2.05, 4.69) is 20.6 Å². The molecule has 1 saturated heterocycles. The molecule has 1 aliphatic rings. The van der Waals surface area contributed by atoms with Crippen molar-refractivity contribution in [1.82, 2.24) is 9.97 Å². The van der Waals surface area contributed by atoms with Gasteiger partial charge in [-0.2, -0.15) is 0 Å². The van der Waals surface area contributed by atoms with Crippen LogP contribution in [0.3, 0.4) is 0 Å². The van der Waals surface area contributed by atoms with Crippen LogP contribution in [0.5, 0.6) is 0 Å². The van der Waals surface area contributed by atoms with Crippen molar-refractivity contribution in [3.63, 3.8) is 0 Å². The fourth-order valence-corrected chi connectivity index (χ4v) is 2.75. The molecule has 2 N–H and O–H groups in total. The number of carbonyl (C=O) groups is 1. The molecule has 9 heteroatoms. The molecule has 0 aromatic carbocycles. The van der Waals surface area contributed by atoms with Gasteiger partial charge in [-0.1, -0.05) is 11.6 Å². The summed E-state index contributed by atoms with van der Waals surface area (Å²) in [6.07, 6.45) is 1.71. The summed E-state index contributed by atoms with van der Waals surface area (Å²) in [7, 11) is 0. The highest BCUT2D eigenvalue weighted by Gasteiger charge is 2.28. The molecule has 0 bridgehead atoms. The number of ether oxygens (including phenoxy) is 2. The van der Waals surface area contributed by atoms with Crippen LogP contribution in [0.15, 0.2) is 24.4 Å². The van der Waals surface area contributed by atoms with Crippen LogP contribution in [0.1, 0.15) is 13.8 Å². The first-order valence-corrected chi connectivity index (χ1v) is 8.78. The fraction of sp³-hybridized carbons (Fsp3) is 0.389. The van der Waals surface area contributed by atoms with Gasteiger partial charge in [-0.05, 0) is 32.0 Å². The minimum Gasteiger partial charge on any atom is -0.371 e. The molecule has 2 aromatic rings. The first-order chi connectivity index (χ1) is 12.9. The Balaban J connectivity index is 1.75. The zero-order chi connectivity index (χ0) is 19.4. The Labute approximate surface area is 161 Å². The molecule has 1 amide bonds. The summed E-state index contributed by atoms with van der Waals surface area (Å²) in [4.78, 5) is 18.9. The van der Waals surface area contributed by atoms with Gasteiger partial charge in [0.25, 0.3) is 0 Å². The molecular weight excluding hydrogens is 375 g/mol. The second kappa shape index (κ2) is 8.16. The van der Waals surface area contributed by atoms with Gasteiger partial charge in [0, 0.05) is 18.3 Å². The first kappa shape index (κ1) is 19.5. The smallest absolute Gasteiger partial charge is 0.212 e. The van der Waals surface area contributed by atoms with Gasteiger partial charge in [-0.15, -0.1) is 0 Å². The maximum absolute atomic E-state index is 14.2. The molecule has 0 aliphatic carbocycles. The molecule has 1 atom stereocenters. The maximum atomic E-state index is 14.2. The van der Waals surface area contributed by atoms with Crippen molar-refractivity contribution in [2.24, 2.45) is 0 Å². The Hall–Kier alpha value is -2.29. The topological polar surface area (TPSA) is 85.4 Å². The minimum atomic E-state index is -0.493. The minimum absolute atomic E-state index is 0.0821. The predicted molar refractivity (Wildman–Crippen MR) is 100 cm³/mol. The zero-order valence-corrected chi connectivity index (χ0v) is 15.7. The summed E-state index contributed by atoms with van der Waals surface area (Å²) in [6.45, 7) is 5.14. The van der Waals surface area contributed by atoms with Crippen LogP contribution in [0.4, 0.5) is 16.0 Å². The third-order valence-corrected chi connectivity index (χ3v) is 4.31. The highest BCUT2D eigenvalue weighted by Crippen LogP contribution is 2.29. The summed E-state index contributed by atoms with van der Waals surface area (Å²) in [5.41, 5.74) is 0.658. The van der Waals surface area contributed by atoms with Gasteiger partial charge >= 0.3 is 0 Å². The van der Waals surface area contributed by atoms with Gasteiger partial charge in [-0.25, -0.2) is 14.4 Å². The predicted octanol–water partition coefficient (Wildman–Crippen LogP) is 3.11. The van der Waals surface area contributed by atoms with Gasteiger partial charge in [0.2, 0.25) is 6.41 Å². The SMILES string of the molecule is CC1(C)CO[C@H](CNc2nc(-c3cc(NC=O)ncc3Cl)ccc2F)CO1. The van der Waals surface area contributed by atoms with Gasteiger partial charge in [0.05, 0.1) is 35.6 Å². The Morgan fingerprint density at radius 2 is 2.26 bits per heavy atom.